The van der Waals surface area contributed by atoms with Crippen molar-refractivity contribution in [3.05, 3.63) is 53.1 Å². The molecule has 5 heteroatoms. The Morgan fingerprint density at radius 2 is 2.24 bits per heavy atom. The van der Waals surface area contributed by atoms with Gasteiger partial charge in [-0.05, 0) is 35.9 Å². The quantitative estimate of drug-likeness (QED) is 0.780. The van der Waals surface area contributed by atoms with Crippen LogP contribution in [-0.4, -0.2) is 9.97 Å². The van der Waals surface area contributed by atoms with E-state index in [9.17, 15) is 0 Å². The molecule has 0 spiro atoms. The molecule has 17 heavy (non-hydrogen) atoms. The van der Waals surface area contributed by atoms with Crippen LogP contribution in [0.25, 0.3) is 0 Å². The van der Waals surface area contributed by atoms with Crippen molar-refractivity contribution in [1.29, 1.82) is 5.26 Å². The summed E-state index contributed by atoms with van der Waals surface area (Å²) in [6.07, 6.45) is 1.57. The Morgan fingerprint density at radius 1 is 1.35 bits per heavy atom. The Hall–Kier alpha value is -2.12. The van der Waals surface area contributed by atoms with Crippen LogP contribution < -0.4 is 4.74 Å². The number of halogens is 1. The lowest BCUT2D eigenvalue weighted by Crippen LogP contribution is -1.99. The summed E-state index contributed by atoms with van der Waals surface area (Å²) in [7, 11) is 0. The smallest absolute Gasteiger partial charge is 0.222 e. The zero-order valence-electron chi connectivity index (χ0n) is 8.80. The van der Waals surface area contributed by atoms with E-state index in [4.69, 9.17) is 21.6 Å². The van der Waals surface area contributed by atoms with Crippen molar-refractivity contribution in [3.63, 3.8) is 0 Å². The standard InChI is InChI=1S/C12H8ClN3O/c13-12-15-5-4-10(16-12)8-17-11-3-1-2-9(6-11)7-14/h1-6H,8H2. The van der Waals surface area contributed by atoms with Crippen LogP contribution in [0.15, 0.2) is 36.5 Å². The van der Waals surface area contributed by atoms with Gasteiger partial charge < -0.3 is 4.74 Å². The van der Waals surface area contributed by atoms with E-state index in [1.165, 1.54) is 0 Å². The lowest BCUT2D eigenvalue weighted by atomic mass is 10.2. The van der Waals surface area contributed by atoms with Gasteiger partial charge in [0.1, 0.15) is 12.4 Å². The van der Waals surface area contributed by atoms with Crippen LogP contribution in [0.2, 0.25) is 5.28 Å². The zero-order valence-corrected chi connectivity index (χ0v) is 9.55. The first kappa shape index (κ1) is 11.4. The number of nitrogens with zero attached hydrogens (tertiary/aromatic N) is 3. The molecule has 4 nitrogen and oxygen atoms in total. The number of benzene rings is 1. The maximum Gasteiger partial charge on any atom is 0.222 e. The van der Waals surface area contributed by atoms with Gasteiger partial charge in [0.05, 0.1) is 17.3 Å². The molecule has 1 heterocycles. The van der Waals surface area contributed by atoms with Gasteiger partial charge in [-0.3, -0.25) is 0 Å². The molecule has 0 aliphatic carbocycles. The molecule has 0 bridgehead atoms. The Morgan fingerprint density at radius 3 is 3.00 bits per heavy atom. The van der Waals surface area contributed by atoms with Gasteiger partial charge in [0.25, 0.3) is 0 Å². The van der Waals surface area contributed by atoms with E-state index in [1.54, 1.807) is 36.5 Å². The van der Waals surface area contributed by atoms with E-state index < -0.39 is 0 Å². The fourth-order valence-electron chi connectivity index (χ4n) is 1.26. The molecule has 0 radical (unpaired) electrons. The third-order valence-corrected chi connectivity index (χ3v) is 2.22. The Kier molecular flexibility index (Phi) is 3.53. The van der Waals surface area contributed by atoms with Gasteiger partial charge in [0.2, 0.25) is 5.28 Å². The molecule has 0 saturated heterocycles. The number of nitriles is 1. The summed E-state index contributed by atoms with van der Waals surface area (Å²) in [5.74, 6) is 0.624. The monoisotopic (exact) mass is 245 g/mol. The first-order valence-corrected chi connectivity index (χ1v) is 5.26. The summed E-state index contributed by atoms with van der Waals surface area (Å²) >= 11 is 5.65. The van der Waals surface area contributed by atoms with Gasteiger partial charge in [0, 0.05) is 6.20 Å². The molecule has 0 aliphatic rings. The van der Waals surface area contributed by atoms with E-state index >= 15 is 0 Å². The molecule has 0 saturated carbocycles. The predicted octanol–water partition coefficient (Wildman–Crippen LogP) is 2.58. The maximum atomic E-state index is 8.74. The van der Waals surface area contributed by atoms with Crippen molar-refractivity contribution in [2.75, 3.05) is 0 Å². The molecular weight excluding hydrogens is 238 g/mol. The Labute approximate surface area is 103 Å². The van der Waals surface area contributed by atoms with Crippen LogP contribution in [0.5, 0.6) is 5.75 Å². The first-order valence-electron chi connectivity index (χ1n) is 4.88. The number of hydrogen-bond donors (Lipinski definition) is 0. The molecule has 2 rings (SSSR count). The highest BCUT2D eigenvalue weighted by Crippen LogP contribution is 2.14. The van der Waals surface area contributed by atoms with Crippen LogP contribution in [-0.2, 0) is 6.61 Å². The lowest BCUT2D eigenvalue weighted by molar-refractivity contribution is 0.301. The lowest BCUT2D eigenvalue weighted by Gasteiger charge is -2.05. The van der Waals surface area contributed by atoms with E-state index in [1.807, 2.05) is 6.07 Å². The van der Waals surface area contributed by atoms with E-state index in [-0.39, 0.29) is 11.9 Å². The molecule has 1 aromatic heterocycles. The van der Waals surface area contributed by atoms with Crippen LogP contribution in [0, 0.1) is 11.3 Å². The Bertz CT molecular complexity index is 566. The molecule has 0 N–H and O–H groups in total. The predicted molar refractivity (Wildman–Crippen MR) is 62.5 cm³/mol. The van der Waals surface area contributed by atoms with Gasteiger partial charge in [-0.25, -0.2) is 9.97 Å². The normalized spacial score (nSPS) is 9.65. The van der Waals surface area contributed by atoms with Crippen molar-refractivity contribution in [1.82, 2.24) is 9.97 Å². The van der Waals surface area contributed by atoms with Crippen molar-refractivity contribution < 1.29 is 4.74 Å². The van der Waals surface area contributed by atoms with Crippen molar-refractivity contribution in [2.24, 2.45) is 0 Å². The summed E-state index contributed by atoms with van der Waals surface area (Å²) in [6.45, 7) is 0.289. The van der Waals surface area contributed by atoms with Gasteiger partial charge in [-0.15, -0.1) is 0 Å². The van der Waals surface area contributed by atoms with Gasteiger partial charge in [-0.1, -0.05) is 6.07 Å². The largest absolute Gasteiger partial charge is 0.487 e. The fraction of sp³-hybridized carbons (Fsp3) is 0.0833. The van der Waals surface area contributed by atoms with Gasteiger partial charge in [-0.2, -0.15) is 5.26 Å². The maximum absolute atomic E-state index is 8.74. The Balaban J connectivity index is 2.05. The highest BCUT2D eigenvalue weighted by atomic mass is 35.5. The number of aromatic nitrogens is 2. The van der Waals surface area contributed by atoms with Crippen LogP contribution in [0.3, 0.4) is 0 Å². The topological polar surface area (TPSA) is 58.8 Å². The number of hydrogen-bond acceptors (Lipinski definition) is 4. The molecule has 0 unspecified atom stereocenters. The minimum absolute atomic E-state index is 0.192. The summed E-state index contributed by atoms with van der Waals surface area (Å²) in [5, 5.41) is 8.93. The molecule has 0 atom stereocenters. The molecule has 2 aromatic rings. The minimum Gasteiger partial charge on any atom is -0.487 e. The summed E-state index contributed by atoms with van der Waals surface area (Å²) in [5.41, 5.74) is 1.25. The van der Waals surface area contributed by atoms with Crippen LogP contribution in [0.4, 0.5) is 0 Å². The third kappa shape index (κ3) is 3.16. The number of ether oxygens (including phenoxy) is 1. The SMILES string of the molecule is N#Cc1cccc(OCc2ccnc(Cl)n2)c1. The highest BCUT2D eigenvalue weighted by molar-refractivity contribution is 6.28. The molecule has 1 aromatic carbocycles. The van der Waals surface area contributed by atoms with E-state index in [0.29, 0.717) is 17.0 Å². The van der Waals surface area contributed by atoms with Crippen molar-refractivity contribution in [3.8, 4) is 11.8 Å². The molecular formula is C12H8ClN3O. The molecule has 0 aliphatic heterocycles. The summed E-state index contributed by atoms with van der Waals surface area (Å²) < 4.78 is 5.49. The average Bonchev–Trinajstić information content (AvgIpc) is 2.37. The fourth-order valence-corrected chi connectivity index (χ4v) is 1.43. The average molecular weight is 246 g/mol. The summed E-state index contributed by atoms with van der Waals surface area (Å²) in [6, 6.07) is 10.7. The van der Waals surface area contributed by atoms with Crippen molar-refractivity contribution >= 4 is 11.6 Å². The second-order valence-corrected chi connectivity index (χ2v) is 3.58. The second kappa shape index (κ2) is 5.28. The van der Waals surface area contributed by atoms with E-state index in [2.05, 4.69) is 9.97 Å². The number of rotatable bonds is 3. The van der Waals surface area contributed by atoms with Gasteiger partial charge in [0.15, 0.2) is 0 Å². The second-order valence-electron chi connectivity index (χ2n) is 3.25. The molecule has 0 amide bonds. The van der Waals surface area contributed by atoms with Crippen LogP contribution >= 0.6 is 11.6 Å². The highest BCUT2D eigenvalue weighted by Gasteiger charge is 1.99. The van der Waals surface area contributed by atoms with Crippen molar-refractivity contribution in [2.45, 2.75) is 6.61 Å². The minimum atomic E-state index is 0.192. The van der Waals surface area contributed by atoms with Gasteiger partial charge >= 0.3 is 0 Å². The first-order chi connectivity index (χ1) is 8.28. The molecule has 0 fully saturated rings. The zero-order chi connectivity index (χ0) is 12.1. The van der Waals surface area contributed by atoms with E-state index in [0.717, 1.165) is 0 Å². The third-order valence-electron chi connectivity index (χ3n) is 2.03. The van der Waals surface area contributed by atoms with Crippen LogP contribution in [0.1, 0.15) is 11.3 Å². The summed E-state index contributed by atoms with van der Waals surface area (Å²) in [4.78, 5) is 7.77. The molecule has 84 valence electrons.